The standard InChI is InChI=1S/C17H12FN3OS/c1-21-9-13(20-10-21)16-8-12-17(23-16)15(6-7-19-12)22-14-5-3-2-4-11(14)18/h2-10H,1H3. The molecule has 1 aromatic carbocycles. The first-order valence-corrected chi connectivity index (χ1v) is 7.81. The zero-order valence-corrected chi connectivity index (χ0v) is 13.0. The molecule has 0 unspecified atom stereocenters. The molecule has 23 heavy (non-hydrogen) atoms. The lowest BCUT2D eigenvalue weighted by Crippen LogP contribution is -1.88. The largest absolute Gasteiger partial charge is 0.453 e. The van der Waals surface area contributed by atoms with Gasteiger partial charge in [0.25, 0.3) is 0 Å². The number of hydrogen-bond acceptors (Lipinski definition) is 4. The van der Waals surface area contributed by atoms with Crippen molar-refractivity contribution in [1.82, 2.24) is 14.5 Å². The molecule has 0 spiro atoms. The van der Waals surface area contributed by atoms with E-state index in [1.54, 1.807) is 36.8 Å². The average molecular weight is 325 g/mol. The minimum atomic E-state index is -0.390. The smallest absolute Gasteiger partial charge is 0.165 e. The molecule has 4 aromatic rings. The normalized spacial score (nSPS) is 11.0. The third-order valence-electron chi connectivity index (χ3n) is 3.39. The van der Waals surface area contributed by atoms with Crippen LogP contribution in [0.2, 0.25) is 0 Å². The van der Waals surface area contributed by atoms with Crippen molar-refractivity contribution in [2.75, 3.05) is 0 Å². The minimum absolute atomic E-state index is 0.202. The second-order valence-electron chi connectivity index (χ2n) is 5.09. The summed E-state index contributed by atoms with van der Waals surface area (Å²) in [5, 5.41) is 0. The van der Waals surface area contributed by atoms with Gasteiger partial charge in [-0.3, -0.25) is 4.98 Å². The highest BCUT2D eigenvalue weighted by molar-refractivity contribution is 7.22. The molecule has 6 heteroatoms. The van der Waals surface area contributed by atoms with E-state index in [1.807, 2.05) is 23.9 Å². The molecule has 0 aliphatic carbocycles. The topological polar surface area (TPSA) is 39.9 Å². The first-order chi connectivity index (χ1) is 11.2. The van der Waals surface area contributed by atoms with Gasteiger partial charge in [0, 0.05) is 25.5 Å². The van der Waals surface area contributed by atoms with Crippen LogP contribution < -0.4 is 4.74 Å². The summed E-state index contributed by atoms with van der Waals surface area (Å²) in [4.78, 5) is 9.71. The first kappa shape index (κ1) is 13.9. The van der Waals surface area contributed by atoms with E-state index in [2.05, 4.69) is 9.97 Å². The van der Waals surface area contributed by atoms with Crippen molar-refractivity contribution in [2.24, 2.45) is 7.05 Å². The van der Waals surface area contributed by atoms with Crippen LogP contribution in [-0.2, 0) is 7.05 Å². The Morgan fingerprint density at radius 2 is 2.00 bits per heavy atom. The van der Waals surface area contributed by atoms with E-state index < -0.39 is 0 Å². The third kappa shape index (κ3) is 2.57. The zero-order valence-electron chi connectivity index (χ0n) is 12.2. The van der Waals surface area contributed by atoms with E-state index in [0.717, 1.165) is 20.8 Å². The fourth-order valence-electron chi connectivity index (χ4n) is 2.31. The van der Waals surface area contributed by atoms with Crippen LogP contribution in [-0.4, -0.2) is 14.5 Å². The molecule has 0 N–H and O–H groups in total. The molecule has 0 amide bonds. The maximum atomic E-state index is 13.8. The molecular formula is C17H12FN3OS. The number of rotatable bonds is 3. The lowest BCUT2D eigenvalue weighted by atomic mass is 10.3. The molecule has 0 radical (unpaired) electrons. The molecule has 0 aliphatic heterocycles. The first-order valence-electron chi connectivity index (χ1n) is 7.00. The number of aromatic nitrogens is 3. The highest BCUT2D eigenvalue weighted by Crippen LogP contribution is 2.38. The summed E-state index contributed by atoms with van der Waals surface area (Å²) in [6.45, 7) is 0. The summed E-state index contributed by atoms with van der Waals surface area (Å²) in [5.74, 6) is 0.402. The van der Waals surface area contributed by atoms with E-state index in [9.17, 15) is 4.39 Å². The van der Waals surface area contributed by atoms with Gasteiger partial charge in [-0.15, -0.1) is 11.3 Å². The van der Waals surface area contributed by atoms with Gasteiger partial charge in [0.05, 0.1) is 27.1 Å². The van der Waals surface area contributed by atoms with Crippen LogP contribution in [0, 0.1) is 5.82 Å². The highest BCUT2D eigenvalue weighted by Gasteiger charge is 2.13. The van der Waals surface area contributed by atoms with E-state index >= 15 is 0 Å². The van der Waals surface area contributed by atoms with Gasteiger partial charge in [0.2, 0.25) is 0 Å². The molecule has 0 bridgehead atoms. The Bertz CT molecular complexity index is 992. The molecule has 0 saturated heterocycles. The van der Waals surface area contributed by atoms with E-state index in [-0.39, 0.29) is 11.6 Å². The van der Waals surface area contributed by atoms with E-state index in [1.165, 1.54) is 17.4 Å². The summed E-state index contributed by atoms with van der Waals surface area (Å²) >= 11 is 1.53. The number of thiophene rings is 1. The van der Waals surface area contributed by atoms with E-state index in [4.69, 9.17) is 4.74 Å². The second kappa shape index (κ2) is 5.48. The second-order valence-corrected chi connectivity index (χ2v) is 6.14. The number of hydrogen-bond donors (Lipinski definition) is 0. The van der Waals surface area contributed by atoms with Gasteiger partial charge >= 0.3 is 0 Å². The number of ether oxygens (including phenoxy) is 1. The molecule has 4 nitrogen and oxygen atoms in total. The maximum absolute atomic E-state index is 13.8. The lowest BCUT2D eigenvalue weighted by molar-refractivity contribution is 0.447. The predicted molar refractivity (Wildman–Crippen MR) is 88.3 cm³/mol. The predicted octanol–water partition coefficient (Wildman–Crippen LogP) is 4.63. The van der Waals surface area contributed by atoms with Crippen molar-refractivity contribution in [3.63, 3.8) is 0 Å². The summed E-state index contributed by atoms with van der Waals surface area (Å²) in [5.41, 5.74) is 1.69. The summed E-state index contributed by atoms with van der Waals surface area (Å²) in [6, 6.07) is 10.1. The summed E-state index contributed by atoms with van der Waals surface area (Å²) in [6.07, 6.45) is 5.36. The zero-order chi connectivity index (χ0) is 15.8. The average Bonchev–Trinajstić information content (AvgIpc) is 3.16. The molecule has 0 fully saturated rings. The molecule has 3 heterocycles. The number of benzene rings is 1. The maximum Gasteiger partial charge on any atom is 0.165 e. The van der Waals surface area contributed by atoms with Gasteiger partial charge in [-0.05, 0) is 18.2 Å². The third-order valence-corrected chi connectivity index (χ3v) is 4.55. The number of imidazole rings is 1. The number of halogens is 1. The van der Waals surface area contributed by atoms with E-state index in [0.29, 0.717) is 5.75 Å². The van der Waals surface area contributed by atoms with Crippen LogP contribution in [0.15, 0.2) is 55.1 Å². The Morgan fingerprint density at radius 1 is 1.13 bits per heavy atom. The van der Waals surface area contributed by atoms with Crippen LogP contribution >= 0.6 is 11.3 Å². The number of fused-ring (bicyclic) bond motifs is 1. The monoisotopic (exact) mass is 325 g/mol. The van der Waals surface area contributed by atoms with Crippen LogP contribution in [0.5, 0.6) is 11.5 Å². The number of nitrogens with zero attached hydrogens (tertiary/aromatic N) is 3. The van der Waals surface area contributed by atoms with Crippen molar-refractivity contribution in [3.05, 3.63) is 60.9 Å². The number of para-hydroxylation sites is 1. The molecule has 4 rings (SSSR count). The number of aryl methyl sites for hydroxylation is 1. The fourth-order valence-corrected chi connectivity index (χ4v) is 3.33. The molecule has 114 valence electrons. The summed E-state index contributed by atoms with van der Waals surface area (Å²) in [7, 11) is 1.93. The van der Waals surface area contributed by atoms with Gasteiger partial charge < -0.3 is 9.30 Å². The van der Waals surface area contributed by atoms with Crippen molar-refractivity contribution in [1.29, 1.82) is 0 Å². The Balaban J connectivity index is 1.79. The van der Waals surface area contributed by atoms with Crippen molar-refractivity contribution < 1.29 is 9.13 Å². The van der Waals surface area contributed by atoms with Gasteiger partial charge in [-0.2, -0.15) is 0 Å². The molecule has 0 saturated carbocycles. The van der Waals surface area contributed by atoms with Crippen molar-refractivity contribution in [3.8, 4) is 22.1 Å². The van der Waals surface area contributed by atoms with Gasteiger partial charge in [0.15, 0.2) is 11.6 Å². The molecule has 3 aromatic heterocycles. The molecule has 0 aliphatic rings. The Hall–Kier alpha value is -2.73. The Kier molecular flexibility index (Phi) is 3.31. The minimum Gasteiger partial charge on any atom is -0.453 e. The highest BCUT2D eigenvalue weighted by atomic mass is 32.1. The lowest BCUT2D eigenvalue weighted by Gasteiger charge is -2.06. The SMILES string of the molecule is Cn1cnc(-c2cc3nccc(Oc4ccccc4F)c3s2)c1. The molecule has 0 atom stereocenters. The van der Waals surface area contributed by atoms with Crippen molar-refractivity contribution in [2.45, 2.75) is 0 Å². The Labute approximate surface area is 135 Å². The Morgan fingerprint density at radius 3 is 2.78 bits per heavy atom. The van der Waals surface area contributed by atoms with Crippen molar-refractivity contribution >= 4 is 21.6 Å². The van der Waals surface area contributed by atoms with Crippen LogP contribution in [0.25, 0.3) is 20.8 Å². The van der Waals surface area contributed by atoms with Gasteiger partial charge in [0.1, 0.15) is 5.75 Å². The van der Waals surface area contributed by atoms with Gasteiger partial charge in [-0.1, -0.05) is 12.1 Å². The van der Waals surface area contributed by atoms with Crippen LogP contribution in [0.3, 0.4) is 0 Å². The number of pyridine rings is 1. The fraction of sp³-hybridized carbons (Fsp3) is 0.0588. The molecular weight excluding hydrogens is 313 g/mol. The van der Waals surface area contributed by atoms with Gasteiger partial charge in [-0.25, -0.2) is 9.37 Å². The quantitative estimate of drug-likeness (QED) is 0.551. The van der Waals surface area contributed by atoms with Crippen LogP contribution in [0.1, 0.15) is 0 Å². The van der Waals surface area contributed by atoms with Crippen LogP contribution in [0.4, 0.5) is 4.39 Å². The summed E-state index contributed by atoms with van der Waals surface area (Å²) < 4.78 is 22.3.